The molecule has 4 rings (SSSR count). The molecule has 0 saturated heterocycles. The summed E-state index contributed by atoms with van der Waals surface area (Å²) in [5, 5.41) is 8.42. The van der Waals surface area contributed by atoms with E-state index in [9.17, 15) is 9.59 Å². The van der Waals surface area contributed by atoms with E-state index in [2.05, 4.69) is 19.9 Å². The smallest absolute Gasteiger partial charge is 0.300 e. The topological polar surface area (TPSA) is 166 Å². The van der Waals surface area contributed by atoms with E-state index in [-0.39, 0.29) is 11.1 Å². The van der Waals surface area contributed by atoms with Crippen molar-refractivity contribution in [2.45, 2.75) is 34.6 Å². The SMILES string of the molecule is CC(=O)O.CCOc1cc2nc[nH]c(=O)c2cc1OCC.CCOc1cc2nc[nH]c(=O)c2cc1OCC. The Morgan fingerprint density at radius 1 is 0.684 bits per heavy atom. The van der Waals surface area contributed by atoms with Crippen LogP contribution < -0.4 is 30.1 Å². The van der Waals surface area contributed by atoms with Crippen LogP contribution in [0.15, 0.2) is 46.5 Å². The zero-order valence-corrected chi connectivity index (χ0v) is 22.0. The Morgan fingerprint density at radius 2 is 0.974 bits per heavy atom. The number of hydrogen-bond donors (Lipinski definition) is 3. The Labute approximate surface area is 218 Å². The molecule has 2 aromatic heterocycles. The van der Waals surface area contributed by atoms with Crippen molar-refractivity contribution < 1.29 is 28.8 Å². The van der Waals surface area contributed by atoms with E-state index < -0.39 is 5.97 Å². The zero-order chi connectivity index (χ0) is 28.1. The van der Waals surface area contributed by atoms with Gasteiger partial charge in [0.15, 0.2) is 23.0 Å². The van der Waals surface area contributed by atoms with Crippen molar-refractivity contribution in [3.8, 4) is 23.0 Å². The number of fused-ring (bicyclic) bond motifs is 2. The summed E-state index contributed by atoms with van der Waals surface area (Å²) in [6.07, 6.45) is 2.75. The van der Waals surface area contributed by atoms with E-state index >= 15 is 0 Å². The summed E-state index contributed by atoms with van der Waals surface area (Å²) in [5.41, 5.74) is 0.833. The van der Waals surface area contributed by atoms with Gasteiger partial charge in [-0.1, -0.05) is 0 Å². The van der Waals surface area contributed by atoms with Crippen LogP contribution in [0.1, 0.15) is 34.6 Å². The van der Waals surface area contributed by atoms with Gasteiger partial charge in [-0.2, -0.15) is 0 Å². The van der Waals surface area contributed by atoms with Crippen molar-refractivity contribution in [3.05, 3.63) is 57.6 Å². The number of rotatable bonds is 8. The highest BCUT2D eigenvalue weighted by Crippen LogP contribution is 2.31. The molecule has 0 fully saturated rings. The number of carboxylic acid groups (broad SMARTS) is 1. The second-order valence-electron chi connectivity index (χ2n) is 7.35. The standard InChI is InChI=1S/2C12H14N2O3.C2H4O2/c2*1-3-16-10-5-8-9(6-11(10)17-4-2)13-7-14-12(8)15;1-2(3)4/h2*5-7H,3-4H2,1-2H3,(H,13,14,15);1H3,(H,3,4). The average molecular weight is 529 g/mol. The summed E-state index contributed by atoms with van der Waals surface area (Å²) in [7, 11) is 0. The van der Waals surface area contributed by atoms with Crippen LogP contribution in [0.2, 0.25) is 0 Å². The number of carboxylic acids is 1. The van der Waals surface area contributed by atoms with Gasteiger partial charge in [0.05, 0.1) is 60.9 Å². The summed E-state index contributed by atoms with van der Waals surface area (Å²) in [6.45, 7) is 10.7. The lowest BCUT2D eigenvalue weighted by molar-refractivity contribution is -0.134. The third kappa shape index (κ3) is 8.22. The first kappa shape index (κ1) is 29.6. The van der Waals surface area contributed by atoms with Crippen LogP contribution in [0.5, 0.6) is 23.0 Å². The molecule has 12 heteroatoms. The number of aromatic nitrogens is 4. The van der Waals surface area contributed by atoms with E-state index in [1.54, 1.807) is 24.3 Å². The van der Waals surface area contributed by atoms with Crippen LogP contribution >= 0.6 is 0 Å². The predicted molar refractivity (Wildman–Crippen MR) is 143 cm³/mol. The maximum Gasteiger partial charge on any atom is 0.300 e. The average Bonchev–Trinajstić information content (AvgIpc) is 2.87. The van der Waals surface area contributed by atoms with Crippen molar-refractivity contribution >= 4 is 27.8 Å². The molecule has 0 amide bonds. The molecule has 2 heterocycles. The first-order valence-electron chi connectivity index (χ1n) is 12.0. The normalized spacial score (nSPS) is 10.0. The van der Waals surface area contributed by atoms with E-state index in [4.69, 9.17) is 28.8 Å². The fourth-order valence-electron chi connectivity index (χ4n) is 3.23. The van der Waals surface area contributed by atoms with Crippen molar-refractivity contribution in [3.63, 3.8) is 0 Å². The minimum atomic E-state index is -0.833. The molecule has 204 valence electrons. The second kappa shape index (κ2) is 14.8. The van der Waals surface area contributed by atoms with E-state index in [1.165, 1.54) is 12.7 Å². The molecule has 3 N–H and O–H groups in total. The second-order valence-corrected chi connectivity index (χ2v) is 7.35. The zero-order valence-electron chi connectivity index (χ0n) is 22.0. The fourth-order valence-corrected chi connectivity index (χ4v) is 3.23. The molecule has 0 unspecified atom stereocenters. The Balaban J connectivity index is 0.000000234. The van der Waals surface area contributed by atoms with Gasteiger partial charge in [0.2, 0.25) is 0 Å². The third-order valence-corrected chi connectivity index (χ3v) is 4.61. The summed E-state index contributed by atoms with van der Waals surface area (Å²) >= 11 is 0. The van der Waals surface area contributed by atoms with E-state index in [0.717, 1.165) is 6.92 Å². The number of benzene rings is 2. The molecule has 0 aliphatic rings. The van der Waals surface area contributed by atoms with Crippen LogP contribution in [0, 0.1) is 0 Å². The van der Waals surface area contributed by atoms with Gasteiger partial charge in [0.25, 0.3) is 17.1 Å². The van der Waals surface area contributed by atoms with Crippen molar-refractivity contribution in [1.29, 1.82) is 0 Å². The first-order valence-corrected chi connectivity index (χ1v) is 12.0. The summed E-state index contributed by atoms with van der Waals surface area (Å²) in [4.78, 5) is 45.5. The molecule has 12 nitrogen and oxygen atoms in total. The summed E-state index contributed by atoms with van der Waals surface area (Å²) in [5.74, 6) is 1.53. The highest BCUT2D eigenvalue weighted by Gasteiger charge is 2.11. The maximum absolute atomic E-state index is 11.6. The minimum absolute atomic E-state index is 0.181. The van der Waals surface area contributed by atoms with Crippen molar-refractivity contribution in [1.82, 2.24) is 19.9 Å². The number of hydrogen-bond acceptors (Lipinski definition) is 9. The van der Waals surface area contributed by atoms with Gasteiger partial charge in [-0.25, -0.2) is 9.97 Å². The van der Waals surface area contributed by atoms with Crippen molar-refractivity contribution in [2.24, 2.45) is 0 Å². The minimum Gasteiger partial charge on any atom is -0.490 e. The molecule has 38 heavy (non-hydrogen) atoms. The van der Waals surface area contributed by atoms with Crippen LogP contribution in [0.4, 0.5) is 0 Å². The molecular weight excluding hydrogens is 496 g/mol. The van der Waals surface area contributed by atoms with Gasteiger partial charge >= 0.3 is 0 Å². The Hall–Kier alpha value is -4.61. The summed E-state index contributed by atoms with van der Waals surface area (Å²) < 4.78 is 21.8. The molecule has 0 atom stereocenters. The fraction of sp³-hybridized carbons (Fsp3) is 0.346. The van der Waals surface area contributed by atoms with Gasteiger partial charge in [0, 0.05) is 19.1 Å². The van der Waals surface area contributed by atoms with E-state index in [1.807, 2.05) is 27.7 Å². The number of ether oxygens (including phenoxy) is 4. The summed E-state index contributed by atoms with van der Waals surface area (Å²) in [6, 6.07) is 6.77. The van der Waals surface area contributed by atoms with Gasteiger partial charge in [0.1, 0.15) is 0 Å². The number of aromatic amines is 2. The lowest BCUT2D eigenvalue weighted by Gasteiger charge is -2.11. The number of aliphatic carboxylic acids is 1. The van der Waals surface area contributed by atoms with Gasteiger partial charge in [-0.05, 0) is 39.8 Å². The van der Waals surface area contributed by atoms with E-state index in [0.29, 0.717) is 71.2 Å². The maximum atomic E-state index is 11.6. The van der Waals surface area contributed by atoms with Gasteiger partial charge in [-0.3, -0.25) is 14.4 Å². The molecule has 0 aliphatic heterocycles. The Kier molecular flexibility index (Phi) is 11.6. The van der Waals surface area contributed by atoms with Crippen LogP contribution in [-0.2, 0) is 4.79 Å². The van der Waals surface area contributed by atoms with Gasteiger partial charge in [-0.15, -0.1) is 0 Å². The molecule has 0 spiro atoms. The number of H-pyrrole nitrogens is 2. The number of carbonyl (C=O) groups is 1. The molecule has 0 radical (unpaired) electrons. The lowest BCUT2D eigenvalue weighted by atomic mass is 10.2. The predicted octanol–water partition coefficient (Wildman–Crippen LogP) is 3.53. The molecule has 0 aliphatic carbocycles. The molecule has 0 bridgehead atoms. The van der Waals surface area contributed by atoms with Gasteiger partial charge < -0.3 is 34.0 Å². The number of nitrogens with one attached hydrogen (secondary N) is 2. The van der Waals surface area contributed by atoms with Crippen molar-refractivity contribution in [2.75, 3.05) is 26.4 Å². The van der Waals surface area contributed by atoms with Crippen LogP contribution in [0.3, 0.4) is 0 Å². The Morgan fingerprint density at radius 3 is 1.26 bits per heavy atom. The highest BCUT2D eigenvalue weighted by molar-refractivity contribution is 5.82. The molecule has 2 aromatic carbocycles. The first-order chi connectivity index (χ1) is 18.2. The lowest BCUT2D eigenvalue weighted by Crippen LogP contribution is -2.07. The van der Waals surface area contributed by atoms with Crippen LogP contribution in [-0.4, -0.2) is 57.4 Å². The molecular formula is C26H32N4O8. The molecule has 4 aromatic rings. The highest BCUT2D eigenvalue weighted by atomic mass is 16.5. The molecule has 0 saturated carbocycles. The Bertz CT molecular complexity index is 1360. The third-order valence-electron chi connectivity index (χ3n) is 4.61. The van der Waals surface area contributed by atoms with Crippen LogP contribution in [0.25, 0.3) is 21.8 Å². The largest absolute Gasteiger partial charge is 0.490 e. The number of nitrogens with zero attached hydrogens (tertiary/aromatic N) is 2. The monoisotopic (exact) mass is 528 g/mol. The quantitative estimate of drug-likeness (QED) is 0.308.